The van der Waals surface area contributed by atoms with Crippen molar-refractivity contribution in [3.05, 3.63) is 77.9 Å². The average Bonchev–Trinajstić information content (AvgIpc) is 3.15. The number of likely N-dealkylation sites (N-methyl/N-ethyl adjacent to an activating group) is 1. The summed E-state index contributed by atoms with van der Waals surface area (Å²) in [5, 5.41) is 2.72. The van der Waals surface area contributed by atoms with Crippen molar-refractivity contribution in [3.8, 4) is 5.75 Å². The predicted molar refractivity (Wildman–Crippen MR) is 104 cm³/mol. The van der Waals surface area contributed by atoms with Crippen molar-refractivity contribution in [2.24, 2.45) is 0 Å². The van der Waals surface area contributed by atoms with Crippen LogP contribution in [0.4, 0.5) is 5.69 Å². The van der Waals surface area contributed by atoms with Gasteiger partial charge in [0.25, 0.3) is 11.8 Å². The molecule has 0 aliphatic carbocycles. The molecule has 7 nitrogen and oxygen atoms in total. The number of nitrogens with zero attached hydrogens (tertiary/aromatic N) is 2. The van der Waals surface area contributed by atoms with Gasteiger partial charge in [0, 0.05) is 25.4 Å². The molecule has 0 radical (unpaired) electrons. The Morgan fingerprint density at radius 3 is 2.79 bits per heavy atom. The number of nitrogens with one attached hydrogen (secondary N) is 2. The highest BCUT2D eigenvalue weighted by molar-refractivity contribution is 6.02. The highest BCUT2D eigenvalue weighted by atomic mass is 16.5. The van der Waals surface area contributed by atoms with Gasteiger partial charge in [0.1, 0.15) is 18.4 Å². The molecule has 0 saturated carbocycles. The van der Waals surface area contributed by atoms with Crippen LogP contribution in [0.15, 0.2) is 60.8 Å². The van der Waals surface area contributed by atoms with Crippen molar-refractivity contribution < 1.29 is 14.3 Å². The van der Waals surface area contributed by atoms with Crippen LogP contribution < -0.4 is 15.0 Å². The van der Waals surface area contributed by atoms with Gasteiger partial charge in [0.15, 0.2) is 5.82 Å². The third-order valence-corrected chi connectivity index (χ3v) is 4.65. The minimum atomic E-state index is -0.799. The molecule has 0 bridgehead atoms. The first-order chi connectivity index (χ1) is 13.6. The quantitative estimate of drug-likeness (QED) is 0.730. The molecule has 1 aliphatic rings. The molecular formula is C21H20N4O3. The average molecular weight is 376 g/mol. The van der Waals surface area contributed by atoms with E-state index in [0.717, 1.165) is 11.3 Å². The van der Waals surface area contributed by atoms with Crippen molar-refractivity contribution >= 4 is 17.5 Å². The number of aromatic nitrogens is 2. The molecule has 1 unspecified atom stereocenters. The number of rotatable bonds is 4. The summed E-state index contributed by atoms with van der Waals surface area (Å²) >= 11 is 0. The van der Waals surface area contributed by atoms with Gasteiger partial charge in [-0.05, 0) is 17.7 Å². The number of para-hydroxylation sites is 2. The molecule has 1 atom stereocenters. The molecule has 2 aromatic carbocycles. The fourth-order valence-electron chi connectivity index (χ4n) is 3.16. The largest absolute Gasteiger partial charge is 0.489 e. The topological polar surface area (TPSA) is 87.3 Å². The number of hydrogen-bond acceptors (Lipinski definition) is 4. The molecule has 0 fully saturated rings. The Hall–Kier alpha value is -3.61. The Kier molecular flexibility index (Phi) is 4.80. The fourth-order valence-corrected chi connectivity index (χ4v) is 3.16. The number of hydrogen-bond donors (Lipinski definition) is 2. The van der Waals surface area contributed by atoms with Gasteiger partial charge in [0.2, 0.25) is 0 Å². The van der Waals surface area contributed by atoms with Gasteiger partial charge in [0.05, 0.1) is 5.69 Å². The summed E-state index contributed by atoms with van der Waals surface area (Å²) in [5.74, 6) is 0.0939. The van der Waals surface area contributed by atoms with E-state index in [1.807, 2.05) is 42.5 Å². The number of anilines is 1. The number of carbonyl (C=O) groups is 2. The van der Waals surface area contributed by atoms with Crippen molar-refractivity contribution in [2.45, 2.75) is 12.5 Å². The number of aromatic amines is 1. The fraction of sp³-hybridized carbons (Fsp3) is 0.190. The van der Waals surface area contributed by atoms with Gasteiger partial charge in [-0.3, -0.25) is 9.59 Å². The Bertz CT molecular complexity index is 1000. The second-order valence-corrected chi connectivity index (χ2v) is 6.62. The maximum atomic E-state index is 12.7. The van der Waals surface area contributed by atoms with Gasteiger partial charge in [-0.1, -0.05) is 42.5 Å². The van der Waals surface area contributed by atoms with Crippen LogP contribution in [0.5, 0.6) is 5.75 Å². The van der Waals surface area contributed by atoms with Crippen LogP contribution in [0.1, 0.15) is 21.9 Å². The van der Waals surface area contributed by atoms with Crippen LogP contribution in [-0.4, -0.2) is 41.5 Å². The van der Waals surface area contributed by atoms with Gasteiger partial charge in [-0.25, -0.2) is 4.98 Å². The van der Waals surface area contributed by atoms with Crippen LogP contribution in [-0.2, 0) is 11.2 Å². The van der Waals surface area contributed by atoms with Crippen LogP contribution in [0, 0.1) is 0 Å². The van der Waals surface area contributed by atoms with Crippen LogP contribution in [0.3, 0.4) is 0 Å². The van der Waals surface area contributed by atoms with Gasteiger partial charge in [-0.15, -0.1) is 0 Å². The molecule has 0 spiro atoms. The monoisotopic (exact) mass is 376 g/mol. The smallest absolute Gasteiger partial charge is 0.287 e. The first-order valence-electron chi connectivity index (χ1n) is 9.00. The minimum absolute atomic E-state index is 0.0590. The Labute approximate surface area is 162 Å². The second-order valence-electron chi connectivity index (χ2n) is 6.62. The number of fused-ring (bicyclic) bond motifs is 1. The molecule has 2 amide bonds. The zero-order chi connectivity index (χ0) is 19.5. The maximum Gasteiger partial charge on any atom is 0.287 e. The number of H-pyrrole nitrogens is 1. The third kappa shape index (κ3) is 3.59. The Morgan fingerprint density at radius 2 is 1.96 bits per heavy atom. The van der Waals surface area contributed by atoms with Crippen molar-refractivity contribution in [1.82, 2.24) is 15.3 Å². The van der Waals surface area contributed by atoms with E-state index >= 15 is 0 Å². The molecule has 1 aromatic heterocycles. The van der Waals surface area contributed by atoms with Gasteiger partial charge in [-0.2, -0.15) is 0 Å². The number of benzene rings is 2. The lowest BCUT2D eigenvalue weighted by Crippen LogP contribution is -2.49. The SMILES string of the molecule is CN1C(=O)C(NC(=O)c2ncc(Cc3ccccc3)[nH]2)COc2ccccc21. The van der Waals surface area contributed by atoms with Crippen LogP contribution in [0.25, 0.3) is 0 Å². The number of carbonyl (C=O) groups excluding carboxylic acids is 2. The van der Waals surface area contributed by atoms with E-state index in [2.05, 4.69) is 15.3 Å². The number of imidazole rings is 1. The molecule has 142 valence electrons. The summed E-state index contributed by atoms with van der Waals surface area (Å²) in [6, 6.07) is 16.4. The van der Waals surface area contributed by atoms with E-state index in [1.54, 1.807) is 25.4 Å². The van der Waals surface area contributed by atoms with Gasteiger partial charge >= 0.3 is 0 Å². The van der Waals surface area contributed by atoms with Crippen molar-refractivity contribution in [2.75, 3.05) is 18.6 Å². The molecule has 7 heteroatoms. The van der Waals surface area contributed by atoms with E-state index in [-0.39, 0.29) is 18.3 Å². The number of amides is 2. The normalized spacial score (nSPS) is 16.1. The standard InChI is InChI=1S/C21H20N4O3/c1-25-17-9-5-6-10-18(17)28-13-16(21(25)27)24-20(26)19-22-12-15(23-19)11-14-7-3-2-4-8-14/h2-10,12,16H,11,13H2,1H3,(H,22,23)(H,24,26). The third-order valence-electron chi connectivity index (χ3n) is 4.65. The summed E-state index contributed by atoms with van der Waals surface area (Å²) in [7, 11) is 1.67. The molecule has 1 aliphatic heterocycles. The van der Waals surface area contributed by atoms with E-state index in [4.69, 9.17) is 4.74 Å². The lowest BCUT2D eigenvalue weighted by Gasteiger charge is -2.19. The predicted octanol–water partition coefficient (Wildman–Crippen LogP) is 2.15. The first-order valence-corrected chi connectivity index (χ1v) is 9.00. The van der Waals surface area contributed by atoms with Crippen molar-refractivity contribution in [1.29, 1.82) is 0 Å². The summed E-state index contributed by atoms with van der Waals surface area (Å²) in [6.07, 6.45) is 2.28. The molecular weight excluding hydrogens is 356 g/mol. The maximum absolute atomic E-state index is 12.7. The Balaban J connectivity index is 1.45. The zero-order valence-electron chi connectivity index (χ0n) is 15.4. The summed E-state index contributed by atoms with van der Waals surface area (Å²) in [6.45, 7) is 0.0590. The molecule has 2 heterocycles. The zero-order valence-corrected chi connectivity index (χ0v) is 15.4. The van der Waals surface area contributed by atoms with E-state index < -0.39 is 11.9 Å². The first kappa shape index (κ1) is 17.8. The van der Waals surface area contributed by atoms with Crippen LogP contribution in [0.2, 0.25) is 0 Å². The molecule has 0 saturated heterocycles. The van der Waals surface area contributed by atoms with E-state index in [0.29, 0.717) is 17.9 Å². The lowest BCUT2D eigenvalue weighted by molar-refractivity contribution is -0.120. The van der Waals surface area contributed by atoms with E-state index in [1.165, 1.54) is 4.90 Å². The summed E-state index contributed by atoms with van der Waals surface area (Å²) < 4.78 is 5.72. The minimum Gasteiger partial charge on any atom is -0.489 e. The second kappa shape index (κ2) is 7.56. The molecule has 3 aromatic rings. The molecule has 2 N–H and O–H groups in total. The number of ether oxygens (including phenoxy) is 1. The highest BCUT2D eigenvalue weighted by Gasteiger charge is 2.31. The highest BCUT2D eigenvalue weighted by Crippen LogP contribution is 2.29. The molecule has 4 rings (SSSR count). The molecule has 28 heavy (non-hydrogen) atoms. The van der Waals surface area contributed by atoms with Gasteiger partial charge < -0.3 is 19.9 Å². The van der Waals surface area contributed by atoms with Crippen LogP contribution >= 0.6 is 0 Å². The Morgan fingerprint density at radius 1 is 1.21 bits per heavy atom. The summed E-state index contributed by atoms with van der Waals surface area (Å²) in [5.41, 5.74) is 2.61. The van der Waals surface area contributed by atoms with Crippen molar-refractivity contribution in [3.63, 3.8) is 0 Å². The van der Waals surface area contributed by atoms with E-state index in [9.17, 15) is 9.59 Å². The summed E-state index contributed by atoms with van der Waals surface area (Å²) in [4.78, 5) is 34.0. The lowest BCUT2D eigenvalue weighted by atomic mass is 10.1.